The van der Waals surface area contributed by atoms with E-state index in [-0.39, 0.29) is 30.2 Å². The molecule has 2 fully saturated rings. The molecule has 3 aliphatic rings. The van der Waals surface area contributed by atoms with Crippen LogP contribution in [0.3, 0.4) is 0 Å². The number of rotatable bonds is 4. The molecule has 0 saturated carbocycles. The molecule has 0 aliphatic carbocycles. The van der Waals surface area contributed by atoms with Gasteiger partial charge in [-0.15, -0.1) is 0 Å². The predicted molar refractivity (Wildman–Crippen MR) is 120 cm³/mol. The lowest BCUT2D eigenvalue weighted by Crippen LogP contribution is -2.44. The number of anilines is 1. The Kier molecular flexibility index (Phi) is 5.64. The van der Waals surface area contributed by atoms with Crippen molar-refractivity contribution >= 4 is 23.4 Å². The maximum Gasteiger partial charge on any atom is 0.264 e. The molecule has 2 aromatic rings. The van der Waals surface area contributed by atoms with Crippen molar-refractivity contribution in [3.8, 4) is 0 Å². The molecule has 0 unspecified atom stereocenters. The first-order valence-corrected chi connectivity index (χ1v) is 11.6. The zero-order valence-corrected chi connectivity index (χ0v) is 18.2. The quantitative estimate of drug-likeness (QED) is 0.694. The second-order valence-electron chi connectivity index (χ2n) is 8.86. The van der Waals surface area contributed by atoms with Crippen LogP contribution < -0.4 is 4.90 Å². The van der Waals surface area contributed by atoms with Gasteiger partial charge in [-0.1, -0.05) is 12.1 Å². The number of piperidine rings is 2. The summed E-state index contributed by atoms with van der Waals surface area (Å²) < 4.78 is 0. The molecule has 166 valence electrons. The lowest BCUT2D eigenvalue weighted by atomic mass is 9.93. The molecule has 7 heteroatoms. The summed E-state index contributed by atoms with van der Waals surface area (Å²) in [6.07, 6.45) is 6.63. The third kappa shape index (κ3) is 3.76. The summed E-state index contributed by atoms with van der Waals surface area (Å²) >= 11 is 0. The van der Waals surface area contributed by atoms with Gasteiger partial charge in [0.05, 0.1) is 29.1 Å². The summed E-state index contributed by atoms with van der Waals surface area (Å²) in [5, 5.41) is 0. The SMILES string of the molecule is O=C(C1CCN(c2cccc3c2C(=O)N(Cc2ccccn2)C3=O)CC1)N1CCCCC1. The van der Waals surface area contributed by atoms with Crippen LogP contribution in [0, 0.1) is 5.92 Å². The van der Waals surface area contributed by atoms with Crippen LogP contribution in [0.4, 0.5) is 5.69 Å². The number of carbonyl (C=O) groups excluding carboxylic acids is 3. The van der Waals surface area contributed by atoms with Gasteiger partial charge >= 0.3 is 0 Å². The molecule has 5 rings (SSSR count). The summed E-state index contributed by atoms with van der Waals surface area (Å²) in [5.74, 6) is -0.194. The normalized spacial score (nSPS) is 19.4. The highest BCUT2D eigenvalue weighted by atomic mass is 16.2. The molecule has 0 bridgehead atoms. The van der Waals surface area contributed by atoms with Gasteiger partial charge in [-0.25, -0.2) is 0 Å². The molecule has 0 radical (unpaired) electrons. The smallest absolute Gasteiger partial charge is 0.264 e. The number of fused-ring (bicyclic) bond motifs is 1. The van der Waals surface area contributed by atoms with E-state index in [9.17, 15) is 14.4 Å². The first kappa shape index (κ1) is 20.7. The topological polar surface area (TPSA) is 73.8 Å². The number of imide groups is 1. The van der Waals surface area contributed by atoms with E-state index >= 15 is 0 Å². The van der Waals surface area contributed by atoms with Crippen LogP contribution >= 0.6 is 0 Å². The molecule has 3 amide bonds. The van der Waals surface area contributed by atoms with Crippen molar-refractivity contribution in [2.24, 2.45) is 5.92 Å². The van der Waals surface area contributed by atoms with Crippen molar-refractivity contribution in [2.75, 3.05) is 31.1 Å². The summed E-state index contributed by atoms with van der Waals surface area (Å²) in [7, 11) is 0. The van der Waals surface area contributed by atoms with Crippen LogP contribution in [0.1, 0.15) is 58.5 Å². The Hall–Kier alpha value is -3.22. The molecule has 32 heavy (non-hydrogen) atoms. The molecule has 0 atom stereocenters. The lowest BCUT2D eigenvalue weighted by Gasteiger charge is -2.37. The highest BCUT2D eigenvalue weighted by Gasteiger charge is 2.39. The van der Waals surface area contributed by atoms with Gasteiger partial charge in [-0.2, -0.15) is 0 Å². The molecular formula is C25H28N4O3. The van der Waals surface area contributed by atoms with E-state index in [1.807, 2.05) is 35.2 Å². The Bertz CT molecular complexity index is 1020. The molecule has 7 nitrogen and oxygen atoms in total. The van der Waals surface area contributed by atoms with E-state index in [4.69, 9.17) is 0 Å². The first-order chi connectivity index (χ1) is 15.6. The van der Waals surface area contributed by atoms with Gasteiger partial charge in [0.1, 0.15) is 0 Å². The summed E-state index contributed by atoms with van der Waals surface area (Å²) in [4.78, 5) is 48.8. The zero-order chi connectivity index (χ0) is 22.1. The number of aromatic nitrogens is 1. The van der Waals surface area contributed by atoms with Crippen molar-refractivity contribution in [3.05, 3.63) is 59.4 Å². The van der Waals surface area contributed by atoms with E-state index in [0.717, 1.165) is 44.5 Å². The molecule has 0 spiro atoms. The van der Waals surface area contributed by atoms with Gasteiger partial charge in [0.15, 0.2) is 0 Å². The van der Waals surface area contributed by atoms with Crippen molar-refractivity contribution in [3.63, 3.8) is 0 Å². The first-order valence-electron chi connectivity index (χ1n) is 11.6. The monoisotopic (exact) mass is 432 g/mol. The van der Waals surface area contributed by atoms with Gasteiger partial charge in [0, 0.05) is 38.3 Å². The Labute approximate surface area is 188 Å². The fourth-order valence-electron chi connectivity index (χ4n) is 5.12. The minimum absolute atomic E-state index is 0.0547. The number of likely N-dealkylation sites (tertiary alicyclic amines) is 1. The molecule has 1 aromatic carbocycles. The van der Waals surface area contributed by atoms with Gasteiger partial charge in [0.25, 0.3) is 11.8 Å². The predicted octanol–water partition coefficient (Wildman–Crippen LogP) is 3.11. The Morgan fingerprint density at radius 1 is 0.906 bits per heavy atom. The van der Waals surface area contributed by atoms with Crippen molar-refractivity contribution in [1.82, 2.24) is 14.8 Å². The van der Waals surface area contributed by atoms with Crippen LogP contribution in [0.25, 0.3) is 0 Å². The lowest BCUT2D eigenvalue weighted by molar-refractivity contribution is -0.137. The van der Waals surface area contributed by atoms with E-state index in [1.165, 1.54) is 11.3 Å². The third-order valence-corrected chi connectivity index (χ3v) is 6.88. The molecule has 4 heterocycles. The molecular weight excluding hydrogens is 404 g/mol. The molecule has 3 aliphatic heterocycles. The highest BCUT2D eigenvalue weighted by Crippen LogP contribution is 2.35. The van der Waals surface area contributed by atoms with Crippen molar-refractivity contribution < 1.29 is 14.4 Å². The maximum absolute atomic E-state index is 13.2. The van der Waals surface area contributed by atoms with Crippen LogP contribution in [0.5, 0.6) is 0 Å². The maximum atomic E-state index is 13.2. The Morgan fingerprint density at radius 3 is 2.41 bits per heavy atom. The summed E-state index contributed by atoms with van der Waals surface area (Å²) in [6.45, 7) is 3.35. The Balaban J connectivity index is 1.30. The second kappa shape index (κ2) is 8.73. The van der Waals surface area contributed by atoms with Gasteiger partial charge < -0.3 is 9.80 Å². The number of hydrogen-bond acceptors (Lipinski definition) is 5. The molecule has 1 aromatic heterocycles. The zero-order valence-electron chi connectivity index (χ0n) is 18.2. The van der Waals surface area contributed by atoms with Gasteiger partial charge in [0.2, 0.25) is 5.91 Å². The number of benzene rings is 1. The second-order valence-corrected chi connectivity index (χ2v) is 8.86. The largest absolute Gasteiger partial charge is 0.371 e. The molecule has 0 N–H and O–H groups in total. The highest BCUT2D eigenvalue weighted by molar-refractivity contribution is 6.23. The fraction of sp³-hybridized carbons (Fsp3) is 0.440. The average Bonchev–Trinajstić information content (AvgIpc) is 3.10. The average molecular weight is 433 g/mol. The number of nitrogens with zero attached hydrogens (tertiary/aromatic N) is 4. The van der Waals surface area contributed by atoms with Crippen molar-refractivity contribution in [2.45, 2.75) is 38.6 Å². The Morgan fingerprint density at radius 2 is 1.69 bits per heavy atom. The van der Waals surface area contributed by atoms with E-state index in [2.05, 4.69) is 9.88 Å². The summed E-state index contributed by atoms with van der Waals surface area (Å²) in [5.41, 5.74) is 2.41. The number of pyridine rings is 1. The minimum Gasteiger partial charge on any atom is -0.371 e. The van der Waals surface area contributed by atoms with E-state index in [0.29, 0.717) is 29.9 Å². The van der Waals surface area contributed by atoms with E-state index < -0.39 is 0 Å². The molecule has 2 saturated heterocycles. The van der Waals surface area contributed by atoms with Crippen LogP contribution in [-0.2, 0) is 11.3 Å². The number of carbonyl (C=O) groups is 3. The summed E-state index contributed by atoms with van der Waals surface area (Å²) in [6, 6.07) is 11.0. The minimum atomic E-state index is -0.271. The van der Waals surface area contributed by atoms with Crippen LogP contribution in [0.15, 0.2) is 42.6 Å². The van der Waals surface area contributed by atoms with Crippen molar-refractivity contribution in [1.29, 1.82) is 0 Å². The third-order valence-electron chi connectivity index (χ3n) is 6.88. The number of hydrogen-bond donors (Lipinski definition) is 0. The van der Waals surface area contributed by atoms with Crippen LogP contribution in [-0.4, -0.2) is 58.7 Å². The van der Waals surface area contributed by atoms with Crippen LogP contribution in [0.2, 0.25) is 0 Å². The number of amides is 3. The van der Waals surface area contributed by atoms with E-state index in [1.54, 1.807) is 12.3 Å². The standard InChI is InChI=1S/C25H28N4O3/c30-23(28-13-4-1-5-14-28)18-10-15-27(16-11-18)21-9-6-8-20-22(21)25(32)29(24(20)31)17-19-7-2-3-12-26-19/h2-3,6-9,12,18H,1,4-5,10-11,13-17H2. The van der Waals surface area contributed by atoms with Gasteiger partial charge in [-0.3, -0.25) is 24.3 Å². The fourth-order valence-corrected chi connectivity index (χ4v) is 5.12. The van der Waals surface area contributed by atoms with Gasteiger partial charge in [-0.05, 0) is 56.4 Å².